The van der Waals surface area contributed by atoms with Crippen LogP contribution in [0, 0.1) is 5.92 Å². The zero-order valence-electron chi connectivity index (χ0n) is 15.5. The van der Waals surface area contributed by atoms with Crippen molar-refractivity contribution in [3.63, 3.8) is 0 Å². The third-order valence-electron chi connectivity index (χ3n) is 5.43. The van der Waals surface area contributed by atoms with E-state index in [-0.39, 0.29) is 5.91 Å². The Morgan fingerprint density at radius 1 is 1.18 bits per heavy atom. The number of benzene rings is 1. The first-order valence-corrected chi connectivity index (χ1v) is 9.71. The highest BCUT2D eigenvalue weighted by atomic mass is 16.3. The fourth-order valence-electron chi connectivity index (χ4n) is 3.69. The van der Waals surface area contributed by atoms with E-state index in [1.54, 1.807) is 15.8 Å². The highest BCUT2D eigenvalue weighted by Gasteiger charge is 2.33. The summed E-state index contributed by atoms with van der Waals surface area (Å²) in [7, 11) is 0. The molecule has 1 amide bonds. The molecule has 1 aromatic carbocycles. The highest BCUT2D eigenvalue weighted by Crippen LogP contribution is 2.40. The van der Waals surface area contributed by atoms with Gasteiger partial charge in [0.05, 0.1) is 29.8 Å². The van der Waals surface area contributed by atoms with Gasteiger partial charge in [-0.1, -0.05) is 23.4 Å². The molecular formula is C20H22N6O2. The molecule has 28 heavy (non-hydrogen) atoms. The second-order valence-corrected chi connectivity index (χ2v) is 7.53. The maximum Gasteiger partial charge on any atom is 0.276 e. The van der Waals surface area contributed by atoms with E-state index in [1.807, 2.05) is 41.1 Å². The van der Waals surface area contributed by atoms with Crippen LogP contribution in [0.3, 0.4) is 0 Å². The standard InChI is InChI=1S/C20H22N6O2/c27-19(14-7-8-14)17-11-16-12-24(9-4-10-25(16)22-17)20(28)18-13-26(23-21-18)15-5-2-1-3-6-15/h1-3,5-6,11,13-14,19,27H,4,7-10,12H2/t19-/m1/s1. The molecule has 8 heteroatoms. The molecule has 1 atom stereocenters. The number of aliphatic hydroxyl groups is 1. The Labute approximate surface area is 162 Å². The topological polar surface area (TPSA) is 89.1 Å². The molecule has 2 aromatic heterocycles. The third kappa shape index (κ3) is 3.20. The van der Waals surface area contributed by atoms with Gasteiger partial charge < -0.3 is 10.0 Å². The van der Waals surface area contributed by atoms with Crippen LogP contribution in [0.2, 0.25) is 0 Å². The van der Waals surface area contributed by atoms with Crippen LogP contribution in [0.4, 0.5) is 0 Å². The van der Waals surface area contributed by atoms with Crippen LogP contribution in [0.25, 0.3) is 5.69 Å². The number of carbonyl (C=O) groups excluding carboxylic acids is 1. The molecule has 0 radical (unpaired) electrons. The average Bonchev–Trinajstić information content (AvgIpc) is 3.38. The number of aromatic nitrogens is 5. The van der Waals surface area contributed by atoms with Crippen molar-refractivity contribution < 1.29 is 9.90 Å². The van der Waals surface area contributed by atoms with Crippen LogP contribution in [0.5, 0.6) is 0 Å². The normalized spacial score (nSPS) is 17.8. The van der Waals surface area contributed by atoms with Gasteiger partial charge in [-0.25, -0.2) is 4.68 Å². The maximum absolute atomic E-state index is 13.0. The van der Waals surface area contributed by atoms with Gasteiger partial charge in [-0.05, 0) is 43.4 Å². The Morgan fingerprint density at radius 3 is 2.79 bits per heavy atom. The number of hydrogen-bond donors (Lipinski definition) is 1. The third-order valence-corrected chi connectivity index (χ3v) is 5.43. The number of amides is 1. The number of para-hydroxylation sites is 1. The lowest BCUT2D eigenvalue weighted by Gasteiger charge is -2.18. The van der Waals surface area contributed by atoms with E-state index < -0.39 is 6.10 Å². The Morgan fingerprint density at radius 2 is 2.00 bits per heavy atom. The maximum atomic E-state index is 13.0. The van der Waals surface area contributed by atoms with Crippen molar-refractivity contribution in [3.8, 4) is 5.69 Å². The molecule has 0 spiro atoms. The molecule has 1 fully saturated rings. The average molecular weight is 378 g/mol. The largest absolute Gasteiger partial charge is 0.386 e. The Bertz CT molecular complexity index is 991. The molecule has 1 N–H and O–H groups in total. The Kier molecular flexibility index (Phi) is 4.20. The van der Waals surface area contributed by atoms with Crippen molar-refractivity contribution in [1.82, 2.24) is 29.7 Å². The number of hydrogen-bond acceptors (Lipinski definition) is 5. The van der Waals surface area contributed by atoms with Crippen LogP contribution in [-0.2, 0) is 13.1 Å². The molecule has 5 rings (SSSR count). The Balaban J connectivity index is 1.35. The molecule has 144 valence electrons. The summed E-state index contributed by atoms with van der Waals surface area (Å²) < 4.78 is 3.54. The van der Waals surface area contributed by atoms with Crippen molar-refractivity contribution in [3.05, 3.63) is 59.7 Å². The molecule has 0 bridgehead atoms. The van der Waals surface area contributed by atoms with Crippen LogP contribution in [0.15, 0.2) is 42.6 Å². The second-order valence-electron chi connectivity index (χ2n) is 7.53. The van der Waals surface area contributed by atoms with Crippen molar-refractivity contribution in [2.24, 2.45) is 5.92 Å². The zero-order valence-corrected chi connectivity index (χ0v) is 15.5. The van der Waals surface area contributed by atoms with Gasteiger partial charge in [-0.15, -0.1) is 5.10 Å². The summed E-state index contributed by atoms with van der Waals surface area (Å²) in [4.78, 5) is 14.8. The first kappa shape index (κ1) is 17.1. The number of aryl methyl sites for hydroxylation is 1. The predicted octanol–water partition coefficient (Wildman–Crippen LogP) is 1.95. The van der Waals surface area contributed by atoms with Crippen LogP contribution < -0.4 is 0 Å². The quantitative estimate of drug-likeness (QED) is 0.750. The number of fused-ring (bicyclic) bond motifs is 1. The summed E-state index contributed by atoms with van der Waals surface area (Å²) >= 11 is 0. The molecule has 0 unspecified atom stereocenters. The summed E-state index contributed by atoms with van der Waals surface area (Å²) in [5.41, 5.74) is 2.87. The molecule has 3 heterocycles. The second kappa shape index (κ2) is 6.87. The number of nitrogens with zero attached hydrogens (tertiary/aromatic N) is 6. The van der Waals surface area contributed by atoms with Crippen LogP contribution >= 0.6 is 0 Å². The Hall–Kier alpha value is -3.00. The smallest absolute Gasteiger partial charge is 0.276 e. The number of carbonyl (C=O) groups is 1. The summed E-state index contributed by atoms with van der Waals surface area (Å²) in [6.07, 6.45) is 4.11. The summed E-state index contributed by atoms with van der Waals surface area (Å²) in [5.74, 6) is 0.200. The lowest BCUT2D eigenvalue weighted by molar-refractivity contribution is 0.0739. The molecule has 3 aromatic rings. The van der Waals surface area contributed by atoms with E-state index in [9.17, 15) is 9.90 Å². The minimum Gasteiger partial charge on any atom is -0.386 e. The van der Waals surface area contributed by atoms with Gasteiger partial charge in [0.25, 0.3) is 5.91 Å². The van der Waals surface area contributed by atoms with Crippen molar-refractivity contribution in [2.45, 2.75) is 38.5 Å². The molecule has 2 aliphatic rings. The summed E-state index contributed by atoms with van der Waals surface area (Å²) in [5, 5.41) is 23.1. The van der Waals surface area contributed by atoms with E-state index in [1.165, 1.54) is 0 Å². The SMILES string of the molecule is O=C(c1cn(-c2ccccc2)nn1)N1CCCn2nc([C@H](O)C3CC3)cc2C1. The number of rotatable bonds is 4. The van der Waals surface area contributed by atoms with Gasteiger partial charge in [0.1, 0.15) is 6.10 Å². The van der Waals surface area contributed by atoms with Crippen LogP contribution in [-0.4, -0.2) is 47.2 Å². The fraction of sp³-hybridized carbons (Fsp3) is 0.400. The van der Waals surface area contributed by atoms with Crippen molar-refractivity contribution in [1.29, 1.82) is 0 Å². The van der Waals surface area contributed by atoms with Crippen LogP contribution in [0.1, 0.15) is 47.2 Å². The van der Waals surface area contributed by atoms with Gasteiger partial charge in [-0.3, -0.25) is 9.48 Å². The predicted molar refractivity (Wildman–Crippen MR) is 101 cm³/mol. The van der Waals surface area contributed by atoms with Gasteiger partial charge in [-0.2, -0.15) is 5.10 Å². The van der Waals surface area contributed by atoms with E-state index in [0.717, 1.165) is 42.9 Å². The highest BCUT2D eigenvalue weighted by molar-refractivity contribution is 5.92. The van der Waals surface area contributed by atoms with E-state index >= 15 is 0 Å². The monoisotopic (exact) mass is 378 g/mol. The molecule has 1 aliphatic heterocycles. The van der Waals surface area contributed by atoms with E-state index in [2.05, 4.69) is 15.4 Å². The molecule has 8 nitrogen and oxygen atoms in total. The number of aliphatic hydroxyl groups excluding tert-OH is 1. The van der Waals surface area contributed by atoms with Gasteiger partial charge in [0.2, 0.25) is 0 Å². The summed E-state index contributed by atoms with van der Waals surface area (Å²) in [6, 6.07) is 11.5. The summed E-state index contributed by atoms with van der Waals surface area (Å²) in [6.45, 7) is 1.84. The fourth-order valence-corrected chi connectivity index (χ4v) is 3.69. The first-order chi connectivity index (χ1) is 13.7. The lowest BCUT2D eigenvalue weighted by Crippen LogP contribution is -2.31. The van der Waals surface area contributed by atoms with Gasteiger partial charge >= 0.3 is 0 Å². The minimum absolute atomic E-state index is 0.138. The molecule has 0 saturated heterocycles. The lowest BCUT2D eigenvalue weighted by atomic mass is 10.1. The van der Waals surface area contributed by atoms with Crippen molar-refractivity contribution >= 4 is 5.91 Å². The minimum atomic E-state index is -0.491. The van der Waals surface area contributed by atoms with Crippen molar-refractivity contribution in [2.75, 3.05) is 6.54 Å². The first-order valence-electron chi connectivity index (χ1n) is 9.71. The van der Waals surface area contributed by atoms with Gasteiger partial charge in [0.15, 0.2) is 5.69 Å². The van der Waals surface area contributed by atoms with E-state index in [4.69, 9.17) is 0 Å². The molecular weight excluding hydrogens is 356 g/mol. The van der Waals surface area contributed by atoms with E-state index in [0.29, 0.717) is 24.7 Å². The molecule has 1 saturated carbocycles. The molecule has 1 aliphatic carbocycles. The van der Waals surface area contributed by atoms with Gasteiger partial charge in [0, 0.05) is 13.1 Å². The zero-order chi connectivity index (χ0) is 19.1.